The fourth-order valence-corrected chi connectivity index (χ4v) is 3.15. The predicted molar refractivity (Wildman–Crippen MR) is 112 cm³/mol. The number of aromatic nitrogens is 4. The van der Waals surface area contributed by atoms with Crippen LogP contribution in [0.4, 0.5) is 10.2 Å². The van der Waals surface area contributed by atoms with E-state index < -0.39 is 0 Å². The fraction of sp³-hybridized carbons (Fsp3) is 0.0435. The molecule has 0 atom stereocenters. The van der Waals surface area contributed by atoms with Crippen molar-refractivity contribution < 1.29 is 8.81 Å². The molecule has 3 aromatic carbocycles. The minimum absolute atomic E-state index is 0.230. The van der Waals surface area contributed by atoms with Gasteiger partial charge >= 0.3 is 0 Å². The van der Waals surface area contributed by atoms with Crippen molar-refractivity contribution in [3.05, 3.63) is 90.2 Å². The van der Waals surface area contributed by atoms with Gasteiger partial charge in [0.1, 0.15) is 11.6 Å². The molecule has 0 bridgehead atoms. The van der Waals surface area contributed by atoms with Gasteiger partial charge in [0.05, 0.1) is 5.52 Å². The average Bonchev–Trinajstić information content (AvgIpc) is 3.28. The Hall–Kier alpha value is -4.13. The molecule has 5 aromatic rings. The van der Waals surface area contributed by atoms with Gasteiger partial charge in [-0.2, -0.15) is 0 Å². The molecule has 0 fully saturated rings. The number of hydrogen-bond donors (Lipinski definition) is 1. The molecule has 2 heterocycles. The van der Waals surface area contributed by atoms with Crippen molar-refractivity contribution >= 4 is 16.7 Å². The molecule has 7 heteroatoms. The number of rotatable bonds is 5. The zero-order chi connectivity index (χ0) is 20.3. The maximum absolute atomic E-state index is 13.5. The van der Waals surface area contributed by atoms with E-state index >= 15 is 0 Å². The van der Waals surface area contributed by atoms with Gasteiger partial charge in [0.2, 0.25) is 11.7 Å². The van der Waals surface area contributed by atoms with Crippen LogP contribution in [0.1, 0.15) is 5.56 Å². The molecule has 2 aromatic heterocycles. The Labute approximate surface area is 171 Å². The van der Waals surface area contributed by atoms with Gasteiger partial charge in [-0.1, -0.05) is 42.5 Å². The van der Waals surface area contributed by atoms with Gasteiger partial charge in [0.25, 0.3) is 5.89 Å². The number of halogens is 1. The first kappa shape index (κ1) is 17.9. The highest BCUT2D eigenvalue weighted by molar-refractivity contribution is 5.90. The number of nitrogens with zero attached hydrogens (tertiary/aromatic N) is 4. The summed E-state index contributed by atoms with van der Waals surface area (Å²) in [5.74, 6) is 1.29. The van der Waals surface area contributed by atoms with Crippen LogP contribution in [0.25, 0.3) is 34.1 Å². The minimum Gasteiger partial charge on any atom is -0.413 e. The molecule has 0 aliphatic heterocycles. The van der Waals surface area contributed by atoms with Gasteiger partial charge in [0, 0.05) is 17.5 Å². The van der Waals surface area contributed by atoms with E-state index in [1.165, 1.54) is 12.1 Å². The van der Waals surface area contributed by atoms with E-state index in [1.807, 2.05) is 60.7 Å². The van der Waals surface area contributed by atoms with Crippen molar-refractivity contribution in [2.75, 3.05) is 5.32 Å². The Kier molecular flexibility index (Phi) is 4.61. The maximum Gasteiger partial charge on any atom is 0.286 e. The molecule has 0 amide bonds. The molecule has 0 saturated heterocycles. The van der Waals surface area contributed by atoms with E-state index in [4.69, 9.17) is 4.42 Å². The summed E-state index contributed by atoms with van der Waals surface area (Å²) in [4.78, 5) is 9.18. The Morgan fingerprint density at radius 2 is 1.60 bits per heavy atom. The molecule has 0 spiro atoms. The van der Waals surface area contributed by atoms with E-state index in [9.17, 15) is 4.39 Å². The van der Waals surface area contributed by atoms with Crippen molar-refractivity contribution in [1.29, 1.82) is 0 Å². The summed E-state index contributed by atoms with van der Waals surface area (Å²) >= 11 is 0. The molecule has 1 N–H and O–H groups in total. The van der Waals surface area contributed by atoms with Crippen LogP contribution in [0.5, 0.6) is 0 Å². The van der Waals surface area contributed by atoms with Crippen molar-refractivity contribution in [1.82, 2.24) is 20.2 Å². The van der Waals surface area contributed by atoms with Crippen molar-refractivity contribution in [2.24, 2.45) is 0 Å². The minimum atomic E-state index is -0.276. The van der Waals surface area contributed by atoms with Gasteiger partial charge in [-0.3, -0.25) is 0 Å². The third-order valence-electron chi connectivity index (χ3n) is 4.59. The standard InChI is InChI=1S/C23H16FN5O/c24-17-10-6-7-15(13-17)14-25-20-18-11-4-5-12-19(18)26-21(27-20)23-29-28-22(30-23)16-8-2-1-3-9-16/h1-13H,14H2,(H,25,26,27). The Morgan fingerprint density at radius 3 is 2.47 bits per heavy atom. The van der Waals surface area contributed by atoms with E-state index in [2.05, 4.69) is 25.5 Å². The highest BCUT2D eigenvalue weighted by Gasteiger charge is 2.16. The molecule has 5 rings (SSSR count). The van der Waals surface area contributed by atoms with Gasteiger partial charge in [-0.25, -0.2) is 14.4 Å². The van der Waals surface area contributed by atoms with Crippen LogP contribution < -0.4 is 5.32 Å². The normalized spacial score (nSPS) is 11.0. The van der Waals surface area contributed by atoms with Gasteiger partial charge in [0.15, 0.2) is 0 Å². The van der Waals surface area contributed by atoms with Gasteiger partial charge in [-0.15, -0.1) is 10.2 Å². The Bertz CT molecular complexity index is 1320. The van der Waals surface area contributed by atoms with E-state index in [1.54, 1.807) is 6.07 Å². The summed E-state index contributed by atoms with van der Waals surface area (Å²) in [7, 11) is 0. The smallest absolute Gasteiger partial charge is 0.286 e. The van der Waals surface area contributed by atoms with E-state index in [-0.39, 0.29) is 11.7 Å². The SMILES string of the molecule is Fc1cccc(CNc2nc(-c3nnc(-c4ccccc4)o3)nc3ccccc23)c1. The third-order valence-corrected chi connectivity index (χ3v) is 4.59. The number of benzene rings is 3. The first-order valence-electron chi connectivity index (χ1n) is 9.41. The highest BCUT2D eigenvalue weighted by Crippen LogP contribution is 2.26. The molecule has 0 aliphatic carbocycles. The second kappa shape index (κ2) is 7.71. The lowest BCUT2D eigenvalue weighted by Crippen LogP contribution is -2.04. The van der Waals surface area contributed by atoms with Gasteiger partial charge < -0.3 is 9.73 Å². The molecule has 30 heavy (non-hydrogen) atoms. The van der Waals surface area contributed by atoms with E-state index in [0.717, 1.165) is 22.0 Å². The number of nitrogens with one attached hydrogen (secondary N) is 1. The predicted octanol–water partition coefficient (Wildman–Crippen LogP) is 5.10. The topological polar surface area (TPSA) is 76.7 Å². The summed E-state index contributed by atoms with van der Waals surface area (Å²) in [6, 6.07) is 23.6. The van der Waals surface area contributed by atoms with Gasteiger partial charge in [-0.05, 0) is 42.0 Å². The first-order valence-corrected chi connectivity index (χ1v) is 9.41. The summed E-state index contributed by atoms with van der Waals surface area (Å²) in [6.07, 6.45) is 0. The molecule has 0 aliphatic rings. The highest BCUT2D eigenvalue weighted by atomic mass is 19.1. The van der Waals surface area contributed by atoms with Crippen molar-refractivity contribution in [2.45, 2.75) is 6.54 Å². The van der Waals surface area contributed by atoms with Crippen LogP contribution in [0.15, 0.2) is 83.3 Å². The Balaban J connectivity index is 1.51. The quantitative estimate of drug-likeness (QED) is 0.445. The summed E-state index contributed by atoms with van der Waals surface area (Å²) < 4.78 is 19.3. The molecule has 6 nitrogen and oxygen atoms in total. The van der Waals surface area contributed by atoms with Crippen LogP contribution >= 0.6 is 0 Å². The average molecular weight is 397 g/mol. The summed E-state index contributed by atoms with van der Waals surface area (Å²) in [5, 5.41) is 12.4. The molecule has 146 valence electrons. The lowest BCUT2D eigenvalue weighted by Gasteiger charge is -2.10. The van der Waals surface area contributed by atoms with Crippen LogP contribution in [-0.4, -0.2) is 20.2 Å². The van der Waals surface area contributed by atoms with Crippen LogP contribution in [0.2, 0.25) is 0 Å². The van der Waals surface area contributed by atoms with Crippen molar-refractivity contribution in [3.63, 3.8) is 0 Å². The van der Waals surface area contributed by atoms with Crippen molar-refractivity contribution in [3.8, 4) is 23.2 Å². The number of anilines is 1. The summed E-state index contributed by atoms with van der Waals surface area (Å²) in [6.45, 7) is 0.414. The van der Waals surface area contributed by atoms with Crippen LogP contribution in [0.3, 0.4) is 0 Å². The molecular weight excluding hydrogens is 381 g/mol. The lowest BCUT2D eigenvalue weighted by atomic mass is 10.2. The lowest BCUT2D eigenvalue weighted by molar-refractivity contribution is 0.579. The molecular formula is C23H16FN5O. The van der Waals surface area contributed by atoms with E-state index in [0.29, 0.717) is 24.1 Å². The third kappa shape index (κ3) is 3.60. The van der Waals surface area contributed by atoms with Crippen LogP contribution in [-0.2, 0) is 6.54 Å². The summed E-state index contributed by atoms with van der Waals surface area (Å²) in [5.41, 5.74) is 2.37. The van der Waals surface area contributed by atoms with Crippen LogP contribution in [0, 0.1) is 5.82 Å². The first-order chi connectivity index (χ1) is 14.8. The second-order valence-electron chi connectivity index (χ2n) is 6.67. The number of para-hydroxylation sites is 1. The maximum atomic E-state index is 13.5. The molecule has 0 radical (unpaired) electrons. The molecule has 0 unspecified atom stereocenters. The second-order valence-corrected chi connectivity index (χ2v) is 6.67. The zero-order valence-corrected chi connectivity index (χ0v) is 15.8. The monoisotopic (exact) mass is 397 g/mol. The zero-order valence-electron chi connectivity index (χ0n) is 15.8. The largest absolute Gasteiger partial charge is 0.413 e. The fourth-order valence-electron chi connectivity index (χ4n) is 3.15. The number of fused-ring (bicyclic) bond motifs is 1. The number of hydrogen-bond acceptors (Lipinski definition) is 6. The molecule has 0 saturated carbocycles. The Morgan fingerprint density at radius 1 is 0.800 bits per heavy atom.